The van der Waals surface area contributed by atoms with Gasteiger partial charge in [0.25, 0.3) is 0 Å². The fourth-order valence-corrected chi connectivity index (χ4v) is 2.69. The maximum absolute atomic E-state index is 13.4. The SMILES string of the molecule is CCC(N)Cc1cc(F)ccc1OCCc1ccsc1. The van der Waals surface area contributed by atoms with Gasteiger partial charge in [0, 0.05) is 12.5 Å². The Kier molecular flexibility index (Phi) is 5.56. The summed E-state index contributed by atoms with van der Waals surface area (Å²) in [6, 6.07) is 6.78. The second kappa shape index (κ2) is 7.41. The zero-order chi connectivity index (χ0) is 14.4. The third kappa shape index (κ3) is 4.32. The molecule has 0 amide bonds. The number of thiophene rings is 1. The van der Waals surface area contributed by atoms with Gasteiger partial charge in [-0.1, -0.05) is 6.92 Å². The summed E-state index contributed by atoms with van der Waals surface area (Å²) in [4.78, 5) is 0. The molecule has 0 saturated heterocycles. The molecule has 1 aromatic carbocycles. The Morgan fingerprint density at radius 1 is 1.35 bits per heavy atom. The van der Waals surface area contributed by atoms with Crippen LogP contribution in [0.2, 0.25) is 0 Å². The lowest BCUT2D eigenvalue weighted by Crippen LogP contribution is -2.22. The van der Waals surface area contributed by atoms with Crippen LogP contribution in [0.5, 0.6) is 5.75 Å². The lowest BCUT2D eigenvalue weighted by molar-refractivity contribution is 0.317. The normalized spacial score (nSPS) is 12.3. The highest BCUT2D eigenvalue weighted by Crippen LogP contribution is 2.22. The third-order valence-electron chi connectivity index (χ3n) is 3.26. The zero-order valence-electron chi connectivity index (χ0n) is 11.6. The summed E-state index contributed by atoms with van der Waals surface area (Å²) in [5, 5.41) is 4.17. The average Bonchev–Trinajstić information content (AvgIpc) is 2.94. The van der Waals surface area contributed by atoms with Crippen molar-refractivity contribution < 1.29 is 9.13 Å². The van der Waals surface area contributed by atoms with E-state index >= 15 is 0 Å². The Labute approximate surface area is 123 Å². The predicted molar refractivity (Wildman–Crippen MR) is 81.9 cm³/mol. The van der Waals surface area contributed by atoms with Gasteiger partial charge >= 0.3 is 0 Å². The molecule has 0 aliphatic rings. The van der Waals surface area contributed by atoms with Crippen molar-refractivity contribution in [1.82, 2.24) is 0 Å². The minimum Gasteiger partial charge on any atom is -0.493 e. The van der Waals surface area contributed by atoms with E-state index in [2.05, 4.69) is 16.8 Å². The molecule has 0 aliphatic carbocycles. The molecule has 2 nitrogen and oxygen atoms in total. The van der Waals surface area contributed by atoms with E-state index in [0.717, 1.165) is 24.2 Å². The molecular weight excluding hydrogens is 273 g/mol. The predicted octanol–water partition coefficient (Wildman–Crippen LogP) is 3.79. The summed E-state index contributed by atoms with van der Waals surface area (Å²) < 4.78 is 19.1. The summed E-state index contributed by atoms with van der Waals surface area (Å²) in [6.45, 7) is 2.62. The van der Waals surface area contributed by atoms with Crippen LogP contribution in [0.1, 0.15) is 24.5 Å². The van der Waals surface area contributed by atoms with Crippen molar-refractivity contribution in [2.75, 3.05) is 6.61 Å². The fraction of sp³-hybridized carbons (Fsp3) is 0.375. The Bertz CT molecular complexity index is 527. The Morgan fingerprint density at radius 3 is 2.90 bits per heavy atom. The van der Waals surface area contributed by atoms with Gasteiger partial charge in [-0.05, 0) is 59.0 Å². The number of nitrogens with two attached hydrogens (primary N) is 1. The van der Waals surface area contributed by atoms with E-state index in [1.165, 1.54) is 17.7 Å². The number of halogens is 1. The van der Waals surface area contributed by atoms with Crippen molar-refractivity contribution in [1.29, 1.82) is 0 Å². The lowest BCUT2D eigenvalue weighted by atomic mass is 10.0. The fourth-order valence-electron chi connectivity index (χ4n) is 1.99. The molecule has 4 heteroatoms. The molecule has 2 rings (SSSR count). The Hall–Kier alpha value is -1.39. The number of rotatable bonds is 7. The number of ether oxygens (including phenoxy) is 1. The number of benzene rings is 1. The first kappa shape index (κ1) is 15.0. The second-order valence-corrected chi connectivity index (χ2v) is 5.63. The van der Waals surface area contributed by atoms with E-state index in [1.54, 1.807) is 17.4 Å². The molecule has 1 unspecified atom stereocenters. The van der Waals surface area contributed by atoms with E-state index in [4.69, 9.17) is 10.5 Å². The van der Waals surface area contributed by atoms with Gasteiger partial charge in [0.2, 0.25) is 0 Å². The van der Waals surface area contributed by atoms with Crippen molar-refractivity contribution >= 4 is 11.3 Å². The smallest absolute Gasteiger partial charge is 0.123 e. The van der Waals surface area contributed by atoms with Crippen molar-refractivity contribution in [2.45, 2.75) is 32.2 Å². The van der Waals surface area contributed by atoms with Gasteiger partial charge in [-0.2, -0.15) is 11.3 Å². The van der Waals surface area contributed by atoms with E-state index in [1.807, 2.05) is 6.92 Å². The summed E-state index contributed by atoms with van der Waals surface area (Å²) in [6.07, 6.45) is 2.37. The summed E-state index contributed by atoms with van der Waals surface area (Å²) in [5.41, 5.74) is 8.07. The highest BCUT2D eigenvalue weighted by molar-refractivity contribution is 7.07. The first-order chi connectivity index (χ1) is 9.69. The van der Waals surface area contributed by atoms with Crippen LogP contribution in [0.4, 0.5) is 4.39 Å². The van der Waals surface area contributed by atoms with Crippen LogP contribution in [0.25, 0.3) is 0 Å². The van der Waals surface area contributed by atoms with Crippen LogP contribution >= 0.6 is 11.3 Å². The first-order valence-electron chi connectivity index (χ1n) is 6.87. The average molecular weight is 293 g/mol. The van der Waals surface area contributed by atoms with Gasteiger partial charge in [-0.25, -0.2) is 4.39 Å². The summed E-state index contributed by atoms with van der Waals surface area (Å²) in [7, 11) is 0. The zero-order valence-corrected chi connectivity index (χ0v) is 12.5. The quantitative estimate of drug-likeness (QED) is 0.843. The molecule has 1 heterocycles. The standard InChI is InChI=1S/C16H20FNOS/c1-2-15(18)10-13-9-14(17)3-4-16(13)19-7-5-12-6-8-20-11-12/h3-4,6,8-9,11,15H,2,5,7,10,18H2,1H3. The second-order valence-electron chi connectivity index (χ2n) is 4.85. The van der Waals surface area contributed by atoms with Gasteiger partial charge in [-0.3, -0.25) is 0 Å². The molecule has 1 atom stereocenters. The monoisotopic (exact) mass is 293 g/mol. The molecule has 0 fully saturated rings. The van der Waals surface area contributed by atoms with E-state index in [0.29, 0.717) is 13.0 Å². The highest BCUT2D eigenvalue weighted by Gasteiger charge is 2.09. The van der Waals surface area contributed by atoms with E-state index < -0.39 is 0 Å². The molecule has 0 aliphatic heterocycles. The van der Waals surface area contributed by atoms with Gasteiger partial charge in [-0.15, -0.1) is 0 Å². The van der Waals surface area contributed by atoms with Crippen LogP contribution in [-0.4, -0.2) is 12.6 Å². The third-order valence-corrected chi connectivity index (χ3v) is 3.99. The van der Waals surface area contributed by atoms with Crippen LogP contribution in [0.15, 0.2) is 35.0 Å². The highest BCUT2D eigenvalue weighted by atomic mass is 32.1. The summed E-state index contributed by atoms with van der Waals surface area (Å²) in [5.74, 6) is 0.499. The first-order valence-corrected chi connectivity index (χ1v) is 7.81. The van der Waals surface area contributed by atoms with Gasteiger partial charge in [0.1, 0.15) is 11.6 Å². The lowest BCUT2D eigenvalue weighted by Gasteiger charge is -2.14. The molecule has 0 bridgehead atoms. The topological polar surface area (TPSA) is 35.2 Å². The maximum Gasteiger partial charge on any atom is 0.123 e. The Balaban J connectivity index is 1.98. The van der Waals surface area contributed by atoms with Crippen LogP contribution in [0, 0.1) is 5.82 Å². The van der Waals surface area contributed by atoms with Crippen molar-refractivity contribution in [3.05, 3.63) is 52.0 Å². The molecule has 0 saturated carbocycles. The Morgan fingerprint density at radius 2 is 2.20 bits per heavy atom. The van der Waals surface area contributed by atoms with Crippen molar-refractivity contribution in [3.8, 4) is 5.75 Å². The van der Waals surface area contributed by atoms with Crippen molar-refractivity contribution in [2.24, 2.45) is 5.73 Å². The molecule has 0 spiro atoms. The number of hydrogen-bond acceptors (Lipinski definition) is 3. The van der Waals surface area contributed by atoms with E-state index in [-0.39, 0.29) is 11.9 Å². The molecule has 20 heavy (non-hydrogen) atoms. The van der Waals surface area contributed by atoms with Crippen LogP contribution in [-0.2, 0) is 12.8 Å². The van der Waals surface area contributed by atoms with Gasteiger partial charge < -0.3 is 10.5 Å². The van der Waals surface area contributed by atoms with Crippen LogP contribution in [0.3, 0.4) is 0 Å². The molecule has 2 N–H and O–H groups in total. The molecular formula is C16H20FNOS. The molecule has 0 radical (unpaired) electrons. The van der Waals surface area contributed by atoms with E-state index in [9.17, 15) is 4.39 Å². The molecule has 108 valence electrons. The minimum atomic E-state index is -0.242. The van der Waals surface area contributed by atoms with Crippen LogP contribution < -0.4 is 10.5 Å². The number of hydrogen-bond donors (Lipinski definition) is 1. The maximum atomic E-state index is 13.4. The molecule has 1 aromatic heterocycles. The molecule has 2 aromatic rings. The van der Waals surface area contributed by atoms with Gasteiger partial charge in [0.15, 0.2) is 0 Å². The largest absolute Gasteiger partial charge is 0.493 e. The minimum absolute atomic E-state index is 0.0380. The van der Waals surface area contributed by atoms with Crippen molar-refractivity contribution in [3.63, 3.8) is 0 Å². The summed E-state index contributed by atoms with van der Waals surface area (Å²) >= 11 is 1.68. The van der Waals surface area contributed by atoms with Gasteiger partial charge in [0.05, 0.1) is 6.61 Å².